The van der Waals surface area contributed by atoms with Gasteiger partial charge in [-0.15, -0.1) is 0 Å². The van der Waals surface area contributed by atoms with Gasteiger partial charge in [0, 0.05) is 20.3 Å². The van der Waals surface area contributed by atoms with E-state index in [1.54, 1.807) is 26.2 Å². The number of hydrogen-bond acceptors (Lipinski definition) is 4. The molecule has 1 aromatic heterocycles. The van der Waals surface area contributed by atoms with E-state index in [0.29, 0.717) is 17.1 Å². The van der Waals surface area contributed by atoms with Crippen molar-refractivity contribution in [1.82, 2.24) is 14.8 Å². The molecule has 0 N–H and O–H groups in total. The highest BCUT2D eigenvalue weighted by Crippen LogP contribution is 2.08. The fourth-order valence-electron chi connectivity index (χ4n) is 1.33. The molecule has 0 radical (unpaired) electrons. The molecule has 9 heteroatoms. The van der Waals surface area contributed by atoms with Crippen LogP contribution in [0.15, 0.2) is 23.4 Å². The number of hydrogen-bond donors (Lipinski definition) is 0. The van der Waals surface area contributed by atoms with Gasteiger partial charge in [0.25, 0.3) is 5.96 Å². The largest absolute Gasteiger partial charge is 0.343 e. The van der Waals surface area contributed by atoms with Crippen molar-refractivity contribution in [2.75, 3.05) is 14.1 Å². The number of nitrogens with zero attached hydrogens (tertiary/aromatic N) is 5. The van der Waals surface area contributed by atoms with E-state index in [1.807, 2.05) is 0 Å². The van der Waals surface area contributed by atoms with Crippen LogP contribution in [0.1, 0.15) is 5.56 Å². The van der Waals surface area contributed by atoms with Crippen molar-refractivity contribution in [2.24, 2.45) is 5.10 Å². The number of rotatable bonds is 4. The summed E-state index contributed by atoms with van der Waals surface area (Å²) in [5.41, 5.74) is 0.675. The second kappa shape index (κ2) is 6.64. The molecular formula is C10H12ClN5O3. The number of hydrazone groups is 1. The van der Waals surface area contributed by atoms with Crippen molar-refractivity contribution in [3.8, 4) is 0 Å². The number of aromatic nitrogens is 1. The molecule has 0 fully saturated rings. The Bertz CT molecular complexity index is 488. The minimum Gasteiger partial charge on any atom is -0.343 e. The van der Waals surface area contributed by atoms with Gasteiger partial charge in [0.1, 0.15) is 10.3 Å². The highest BCUT2D eigenvalue weighted by Gasteiger charge is 2.17. The molecule has 0 saturated heterocycles. The first-order chi connectivity index (χ1) is 8.93. The van der Waals surface area contributed by atoms with Crippen LogP contribution in [0.2, 0.25) is 5.15 Å². The standard InChI is InChI=1S/C10H12ClN5O3/c1-14(2)10(13-16(18)19)15(7-17)6-8-3-4-9(11)12-5-8/h3-5,7H,6H2,1-2H3. The Labute approximate surface area is 114 Å². The lowest BCUT2D eigenvalue weighted by Crippen LogP contribution is -2.40. The quantitative estimate of drug-likeness (QED) is 0.204. The highest BCUT2D eigenvalue weighted by atomic mass is 35.5. The second-order valence-electron chi connectivity index (χ2n) is 3.75. The molecule has 1 heterocycles. The number of carbonyl (C=O) groups is 1. The van der Waals surface area contributed by atoms with E-state index in [0.717, 1.165) is 4.90 Å². The molecule has 0 aromatic carbocycles. The molecule has 0 spiro atoms. The zero-order valence-electron chi connectivity index (χ0n) is 10.4. The fraction of sp³-hybridized carbons (Fsp3) is 0.300. The monoisotopic (exact) mass is 285 g/mol. The second-order valence-corrected chi connectivity index (χ2v) is 4.14. The van der Waals surface area contributed by atoms with Crippen LogP contribution >= 0.6 is 11.6 Å². The van der Waals surface area contributed by atoms with Crippen LogP contribution < -0.4 is 0 Å². The van der Waals surface area contributed by atoms with Gasteiger partial charge in [-0.25, -0.2) is 15.1 Å². The SMILES string of the molecule is CN(C)C(=N[N+](=O)[O-])N(C=O)Cc1ccc(Cl)nc1. The van der Waals surface area contributed by atoms with E-state index in [4.69, 9.17) is 11.6 Å². The Morgan fingerprint density at radius 2 is 2.26 bits per heavy atom. The summed E-state index contributed by atoms with van der Waals surface area (Å²) in [6.07, 6.45) is 1.95. The zero-order chi connectivity index (χ0) is 14.4. The van der Waals surface area contributed by atoms with Crippen molar-refractivity contribution in [3.63, 3.8) is 0 Å². The van der Waals surface area contributed by atoms with Gasteiger partial charge in [0.15, 0.2) is 5.03 Å². The minimum atomic E-state index is -0.855. The maximum Gasteiger partial charge on any atom is 0.280 e. The molecule has 0 aliphatic carbocycles. The van der Waals surface area contributed by atoms with Crippen LogP contribution in [0.5, 0.6) is 0 Å². The van der Waals surface area contributed by atoms with Gasteiger partial charge in [-0.3, -0.25) is 9.69 Å². The topological polar surface area (TPSA) is 91.9 Å². The summed E-state index contributed by atoms with van der Waals surface area (Å²) in [4.78, 5) is 27.9. The van der Waals surface area contributed by atoms with Gasteiger partial charge >= 0.3 is 0 Å². The number of carbonyl (C=O) groups excluding carboxylic acids is 1. The van der Waals surface area contributed by atoms with Crippen molar-refractivity contribution in [1.29, 1.82) is 0 Å². The lowest BCUT2D eigenvalue weighted by atomic mass is 10.3. The first kappa shape index (κ1) is 14.8. The Kier molecular flexibility index (Phi) is 5.19. The van der Waals surface area contributed by atoms with E-state index in [1.165, 1.54) is 11.1 Å². The van der Waals surface area contributed by atoms with Crippen LogP contribution in [0.4, 0.5) is 0 Å². The van der Waals surface area contributed by atoms with Gasteiger partial charge in [-0.1, -0.05) is 17.7 Å². The molecule has 0 saturated carbocycles. The van der Waals surface area contributed by atoms with E-state index in [-0.39, 0.29) is 12.5 Å². The van der Waals surface area contributed by atoms with Gasteiger partial charge in [0.05, 0.1) is 6.54 Å². The third kappa shape index (κ3) is 4.51. The van der Waals surface area contributed by atoms with E-state index in [9.17, 15) is 14.9 Å². The Morgan fingerprint density at radius 3 is 2.68 bits per heavy atom. The summed E-state index contributed by atoms with van der Waals surface area (Å²) >= 11 is 5.65. The summed E-state index contributed by atoms with van der Waals surface area (Å²) in [6.45, 7) is 0.110. The van der Waals surface area contributed by atoms with Crippen molar-refractivity contribution < 1.29 is 9.83 Å². The number of pyridine rings is 1. The average molecular weight is 286 g/mol. The first-order valence-corrected chi connectivity index (χ1v) is 5.54. The van der Waals surface area contributed by atoms with Crippen molar-refractivity contribution >= 4 is 24.0 Å². The molecule has 1 amide bonds. The minimum absolute atomic E-state index is 0.0741. The Balaban J connectivity index is 2.95. The van der Waals surface area contributed by atoms with Crippen LogP contribution in [0.25, 0.3) is 0 Å². The molecule has 0 atom stereocenters. The van der Waals surface area contributed by atoms with E-state index in [2.05, 4.69) is 10.1 Å². The molecular weight excluding hydrogens is 274 g/mol. The lowest BCUT2D eigenvalue weighted by Gasteiger charge is -2.22. The van der Waals surface area contributed by atoms with Gasteiger partial charge in [0.2, 0.25) is 6.41 Å². The average Bonchev–Trinajstić information content (AvgIpc) is 2.35. The first-order valence-electron chi connectivity index (χ1n) is 5.16. The fourth-order valence-corrected chi connectivity index (χ4v) is 1.44. The van der Waals surface area contributed by atoms with E-state index >= 15 is 0 Å². The third-order valence-electron chi connectivity index (χ3n) is 2.10. The molecule has 1 aromatic rings. The maximum atomic E-state index is 11.1. The van der Waals surface area contributed by atoms with Gasteiger partial charge < -0.3 is 4.90 Å². The van der Waals surface area contributed by atoms with Crippen LogP contribution in [0.3, 0.4) is 0 Å². The van der Waals surface area contributed by atoms with Crippen molar-refractivity contribution in [2.45, 2.75) is 6.54 Å². The molecule has 0 unspecified atom stereocenters. The number of guanidine groups is 1. The predicted octanol–water partition coefficient (Wildman–Crippen LogP) is 0.803. The summed E-state index contributed by atoms with van der Waals surface area (Å²) in [6, 6.07) is 3.24. The van der Waals surface area contributed by atoms with Gasteiger partial charge in [-0.2, -0.15) is 0 Å². The Morgan fingerprint density at radius 1 is 1.58 bits per heavy atom. The van der Waals surface area contributed by atoms with Crippen molar-refractivity contribution in [3.05, 3.63) is 39.2 Å². The third-order valence-corrected chi connectivity index (χ3v) is 2.32. The molecule has 8 nitrogen and oxygen atoms in total. The van der Waals surface area contributed by atoms with Gasteiger partial charge in [-0.05, 0) is 11.6 Å². The predicted molar refractivity (Wildman–Crippen MR) is 69.0 cm³/mol. The summed E-state index contributed by atoms with van der Waals surface area (Å²) < 4.78 is 0. The zero-order valence-corrected chi connectivity index (χ0v) is 11.1. The number of halogens is 1. The normalized spacial score (nSPS) is 11.0. The number of nitro groups is 1. The molecule has 19 heavy (non-hydrogen) atoms. The molecule has 0 bridgehead atoms. The number of amides is 1. The Hall–Kier alpha value is -2.22. The summed E-state index contributed by atoms with van der Waals surface area (Å²) in [5.74, 6) is -0.0741. The van der Waals surface area contributed by atoms with Crippen LogP contribution in [0, 0.1) is 10.1 Å². The maximum absolute atomic E-state index is 11.1. The van der Waals surface area contributed by atoms with E-state index < -0.39 is 5.03 Å². The summed E-state index contributed by atoms with van der Waals surface area (Å²) in [7, 11) is 3.11. The molecule has 0 aliphatic heterocycles. The molecule has 0 aliphatic rings. The molecule has 102 valence electrons. The molecule has 1 rings (SSSR count). The smallest absolute Gasteiger partial charge is 0.280 e. The highest BCUT2D eigenvalue weighted by molar-refractivity contribution is 6.29. The van der Waals surface area contributed by atoms with Crippen LogP contribution in [-0.4, -0.2) is 46.3 Å². The van der Waals surface area contributed by atoms with Crippen LogP contribution in [-0.2, 0) is 11.3 Å². The lowest BCUT2D eigenvalue weighted by molar-refractivity contribution is -0.486. The summed E-state index contributed by atoms with van der Waals surface area (Å²) in [5, 5.41) is 13.1.